The number of hydrogen-bond acceptors (Lipinski definition) is 3. The highest BCUT2D eigenvalue weighted by atomic mass is 127. The standard InChI is InChI=1S/C10H10IN3O/c11-4-1-5-14-10-3-2-8(7-15)6-9(10)12-13-14/h2-3,6-7H,1,4-5H2. The maximum atomic E-state index is 10.6. The van der Waals surface area contributed by atoms with Crippen LogP contribution in [-0.2, 0) is 6.54 Å². The van der Waals surface area contributed by atoms with Crippen molar-refractivity contribution in [2.75, 3.05) is 4.43 Å². The predicted octanol–water partition coefficient (Wildman–Crippen LogP) is 2.07. The molecule has 2 rings (SSSR count). The van der Waals surface area contributed by atoms with Crippen molar-refractivity contribution in [1.82, 2.24) is 15.0 Å². The van der Waals surface area contributed by atoms with E-state index in [0.717, 1.165) is 34.7 Å². The average Bonchev–Trinajstić information content (AvgIpc) is 2.68. The number of carbonyl (C=O) groups is 1. The van der Waals surface area contributed by atoms with Crippen LogP contribution >= 0.6 is 22.6 Å². The Bertz CT molecular complexity index is 480. The summed E-state index contributed by atoms with van der Waals surface area (Å²) in [5.41, 5.74) is 2.42. The van der Waals surface area contributed by atoms with Crippen molar-refractivity contribution in [3.8, 4) is 0 Å². The number of aromatic nitrogens is 3. The fourth-order valence-electron chi connectivity index (χ4n) is 1.44. The fraction of sp³-hybridized carbons (Fsp3) is 0.300. The maximum absolute atomic E-state index is 10.6. The highest BCUT2D eigenvalue weighted by Gasteiger charge is 2.04. The monoisotopic (exact) mass is 315 g/mol. The van der Waals surface area contributed by atoms with Gasteiger partial charge in [0, 0.05) is 16.5 Å². The van der Waals surface area contributed by atoms with E-state index in [1.807, 2.05) is 10.7 Å². The second-order valence-electron chi connectivity index (χ2n) is 3.22. The summed E-state index contributed by atoms with van der Waals surface area (Å²) < 4.78 is 2.98. The fourth-order valence-corrected chi connectivity index (χ4v) is 1.78. The molecule has 0 aliphatic carbocycles. The molecular weight excluding hydrogens is 305 g/mol. The van der Waals surface area contributed by atoms with Crippen LogP contribution in [-0.4, -0.2) is 25.7 Å². The maximum Gasteiger partial charge on any atom is 0.150 e. The van der Waals surface area contributed by atoms with Gasteiger partial charge in [-0.3, -0.25) is 4.79 Å². The van der Waals surface area contributed by atoms with Gasteiger partial charge in [0.15, 0.2) is 0 Å². The van der Waals surface area contributed by atoms with Crippen molar-refractivity contribution in [3.05, 3.63) is 23.8 Å². The van der Waals surface area contributed by atoms with Gasteiger partial charge in [0.1, 0.15) is 11.8 Å². The summed E-state index contributed by atoms with van der Waals surface area (Å²) in [5, 5.41) is 8.09. The zero-order valence-electron chi connectivity index (χ0n) is 8.06. The molecule has 0 aliphatic heterocycles. The van der Waals surface area contributed by atoms with Crippen LogP contribution in [0.4, 0.5) is 0 Å². The van der Waals surface area contributed by atoms with Crippen LogP contribution in [0.2, 0.25) is 0 Å². The zero-order chi connectivity index (χ0) is 10.7. The minimum atomic E-state index is 0.642. The largest absolute Gasteiger partial charge is 0.298 e. The van der Waals surface area contributed by atoms with E-state index >= 15 is 0 Å². The van der Waals surface area contributed by atoms with Gasteiger partial charge in [-0.25, -0.2) is 4.68 Å². The number of hydrogen-bond donors (Lipinski definition) is 0. The van der Waals surface area contributed by atoms with Gasteiger partial charge >= 0.3 is 0 Å². The van der Waals surface area contributed by atoms with Gasteiger partial charge in [-0.05, 0) is 24.6 Å². The van der Waals surface area contributed by atoms with E-state index in [1.54, 1.807) is 12.1 Å². The van der Waals surface area contributed by atoms with Crippen LogP contribution in [0.1, 0.15) is 16.8 Å². The first kappa shape index (κ1) is 10.5. The van der Waals surface area contributed by atoms with E-state index in [-0.39, 0.29) is 0 Å². The highest BCUT2D eigenvalue weighted by molar-refractivity contribution is 14.1. The Balaban J connectivity index is 2.38. The lowest BCUT2D eigenvalue weighted by atomic mass is 10.2. The van der Waals surface area contributed by atoms with Crippen molar-refractivity contribution in [1.29, 1.82) is 0 Å². The first-order chi connectivity index (χ1) is 7.35. The summed E-state index contributed by atoms with van der Waals surface area (Å²) in [4.78, 5) is 10.6. The number of aryl methyl sites for hydroxylation is 1. The molecule has 0 N–H and O–H groups in total. The zero-order valence-corrected chi connectivity index (χ0v) is 10.2. The summed E-state index contributed by atoms with van der Waals surface area (Å²) in [6.07, 6.45) is 1.90. The Morgan fingerprint density at radius 1 is 1.47 bits per heavy atom. The highest BCUT2D eigenvalue weighted by Crippen LogP contribution is 2.12. The predicted molar refractivity (Wildman–Crippen MR) is 66.4 cm³/mol. The lowest BCUT2D eigenvalue weighted by molar-refractivity contribution is 0.112. The molecule has 4 nitrogen and oxygen atoms in total. The third-order valence-corrected chi connectivity index (χ3v) is 2.94. The third kappa shape index (κ3) is 2.17. The lowest BCUT2D eigenvalue weighted by Crippen LogP contribution is -2.00. The molecule has 0 saturated carbocycles. The Labute approximate surface area is 101 Å². The number of rotatable bonds is 4. The Morgan fingerprint density at radius 2 is 2.33 bits per heavy atom. The van der Waals surface area contributed by atoms with Crippen LogP contribution < -0.4 is 0 Å². The number of benzene rings is 1. The molecule has 0 amide bonds. The van der Waals surface area contributed by atoms with Gasteiger partial charge < -0.3 is 0 Å². The van der Waals surface area contributed by atoms with Crippen molar-refractivity contribution in [3.63, 3.8) is 0 Å². The summed E-state index contributed by atoms with van der Waals surface area (Å²) in [7, 11) is 0. The summed E-state index contributed by atoms with van der Waals surface area (Å²) in [6, 6.07) is 5.45. The topological polar surface area (TPSA) is 47.8 Å². The summed E-state index contributed by atoms with van der Waals surface area (Å²) in [5.74, 6) is 0. The molecule has 0 saturated heterocycles. The quantitative estimate of drug-likeness (QED) is 0.493. The van der Waals surface area contributed by atoms with E-state index in [4.69, 9.17) is 0 Å². The number of aldehydes is 1. The van der Waals surface area contributed by atoms with E-state index in [2.05, 4.69) is 32.9 Å². The molecule has 1 aromatic carbocycles. The van der Waals surface area contributed by atoms with Crippen molar-refractivity contribution < 1.29 is 4.79 Å². The Morgan fingerprint density at radius 3 is 3.07 bits per heavy atom. The van der Waals surface area contributed by atoms with E-state index < -0.39 is 0 Å². The van der Waals surface area contributed by atoms with E-state index in [1.165, 1.54) is 0 Å². The average molecular weight is 315 g/mol. The van der Waals surface area contributed by atoms with Crippen molar-refractivity contribution in [2.45, 2.75) is 13.0 Å². The Hall–Kier alpha value is -0.980. The first-order valence-electron chi connectivity index (χ1n) is 4.69. The molecule has 78 valence electrons. The van der Waals surface area contributed by atoms with Gasteiger partial charge in [0.05, 0.1) is 5.52 Å². The second-order valence-corrected chi connectivity index (χ2v) is 4.30. The number of fused-ring (bicyclic) bond motifs is 1. The molecule has 0 spiro atoms. The smallest absolute Gasteiger partial charge is 0.150 e. The summed E-state index contributed by atoms with van der Waals surface area (Å²) >= 11 is 2.34. The number of carbonyl (C=O) groups excluding carboxylic acids is 1. The molecule has 0 unspecified atom stereocenters. The van der Waals surface area contributed by atoms with Crippen LogP contribution in [0.5, 0.6) is 0 Å². The molecule has 0 atom stereocenters. The molecule has 0 fully saturated rings. The van der Waals surface area contributed by atoms with Crippen molar-refractivity contribution in [2.24, 2.45) is 0 Å². The number of alkyl halides is 1. The van der Waals surface area contributed by atoms with Gasteiger partial charge in [-0.2, -0.15) is 0 Å². The molecular formula is C10H10IN3O. The number of nitrogens with zero attached hydrogens (tertiary/aromatic N) is 3. The SMILES string of the molecule is O=Cc1ccc2c(c1)nnn2CCCI. The minimum absolute atomic E-state index is 0.642. The lowest BCUT2D eigenvalue weighted by Gasteiger charge is -1.99. The van der Waals surface area contributed by atoms with Crippen LogP contribution in [0.3, 0.4) is 0 Å². The van der Waals surface area contributed by atoms with Crippen molar-refractivity contribution >= 4 is 39.9 Å². The Kier molecular flexibility index (Phi) is 3.30. The minimum Gasteiger partial charge on any atom is -0.298 e. The molecule has 15 heavy (non-hydrogen) atoms. The molecule has 1 aromatic heterocycles. The molecule has 0 bridgehead atoms. The van der Waals surface area contributed by atoms with Gasteiger partial charge in [-0.15, -0.1) is 5.10 Å². The third-order valence-electron chi connectivity index (χ3n) is 2.18. The normalized spacial score (nSPS) is 10.7. The molecule has 0 radical (unpaired) electrons. The van der Waals surface area contributed by atoms with Gasteiger partial charge in [-0.1, -0.05) is 27.8 Å². The van der Waals surface area contributed by atoms with E-state index in [9.17, 15) is 4.79 Å². The van der Waals surface area contributed by atoms with Gasteiger partial charge in [0.25, 0.3) is 0 Å². The summed E-state index contributed by atoms with van der Waals surface area (Å²) in [6.45, 7) is 0.875. The first-order valence-corrected chi connectivity index (χ1v) is 6.22. The molecule has 1 heterocycles. The molecule has 0 aliphatic rings. The van der Waals surface area contributed by atoms with Crippen LogP contribution in [0.15, 0.2) is 18.2 Å². The second kappa shape index (κ2) is 4.69. The van der Waals surface area contributed by atoms with Crippen LogP contribution in [0, 0.1) is 0 Å². The number of halogens is 1. The molecule has 2 aromatic rings. The van der Waals surface area contributed by atoms with Gasteiger partial charge in [0.2, 0.25) is 0 Å². The van der Waals surface area contributed by atoms with E-state index in [0.29, 0.717) is 5.56 Å². The van der Waals surface area contributed by atoms with Crippen LogP contribution in [0.25, 0.3) is 11.0 Å². The molecule has 5 heteroatoms.